The van der Waals surface area contributed by atoms with E-state index in [4.69, 9.17) is 4.74 Å². The van der Waals surface area contributed by atoms with Crippen molar-refractivity contribution >= 4 is 12.0 Å². The van der Waals surface area contributed by atoms with Gasteiger partial charge in [0, 0.05) is 19.2 Å². The SMILES string of the molecule is CC(C)(C)OC(=O)N1CCC[C@H]1C(=O)NCCc1cc(F)cc(F)c1. The predicted molar refractivity (Wildman–Crippen MR) is 89.0 cm³/mol. The van der Waals surface area contributed by atoms with Crippen LogP contribution in [0.5, 0.6) is 0 Å². The smallest absolute Gasteiger partial charge is 0.410 e. The molecule has 1 atom stereocenters. The third kappa shape index (κ3) is 5.69. The zero-order valence-electron chi connectivity index (χ0n) is 14.8. The summed E-state index contributed by atoms with van der Waals surface area (Å²) in [5.74, 6) is -1.57. The third-order valence-electron chi connectivity index (χ3n) is 3.82. The highest BCUT2D eigenvalue weighted by Crippen LogP contribution is 2.21. The molecule has 1 heterocycles. The van der Waals surface area contributed by atoms with Crippen LogP contribution in [0.4, 0.5) is 13.6 Å². The van der Waals surface area contributed by atoms with Gasteiger partial charge in [-0.3, -0.25) is 9.69 Å². The number of carbonyl (C=O) groups is 2. The Morgan fingerprint density at radius 1 is 1.24 bits per heavy atom. The van der Waals surface area contributed by atoms with Crippen LogP contribution in [-0.4, -0.2) is 41.6 Å². The highest BCUT2D eigenvalue weighted by molar-refractivity contribution is 5.86. The molecule has 1 saturated heterocycles. The van der Waals surface area contributed by atoms with E-state index in [0.29, 0.717) is 24.9 Å². The Morgan fingerprint density at radius 3 is 2.48 bits per heavy atom. The van der Waals surface area contributed by atoms with Gasteiger partial charge in [0.15, 0.2) is 0 Å². The quantitative estimate of drug-likeness (QED) is 0.904. The molecule has 1 aromatic carbocycles. The topological polar surface area (TPSA) is 58.6 Å². The van der Waals surface area contributed by atoms with Crippen LogP contribution in [0, 0.1) is 11.6 Å². The van der Waals surface area contributed by atoms with E-state index < -0.39 is 29.4 Å². The van der Waals surface area contributed by atoms with Crippen LogP contribution in [0.2, 0.25) is 0 Å². The van der Waals surface area contributed by atoms with Gasteiger partial charge in [0.25, 0.3) is 0 Å². The number of benzene rings is 1. The molecular formula is C18H24F2N2O3. The van der Waals surface area contributed by atoms with E-state index in [1.807, 2.05) is 0 Å². The van der Waals surface area contributed by atoms with E-state index in [0.717, 1.165) is 12.5 Å². The first-order valence-corrected chi connectivity index (χ1v) is 8.38. The summed E-state index contributed by atoms with van der Waals surface area (Å²) in [7, 11) is 0. The first kappa shape index (κ1) is 19.1. The number of nitrogens with zero attached hydrogens (tertiary/aromatic N) is 1. The maximum Gasteiger partial charge on any atom is 0.410 e. The second-order valence-corrected chi connectivity index (χ2v) is 7.15. The molecule has 2 rings (SSSR count). The Bertz CT molecular complexity index is 623. The van der Waals surface area contributed by atoms with Gasteiger partial charge in [-0.25, -0.2) is 13.6 Å². The van der Waals surface area contributed by atoms with Crippen molar-refractivity contribution in [3.8, 4) is 0 Å². The number of ether oxygens (including phenoxy) is 1. The Labute approximate surface area is 146 Å². The van der Waals surface area contributed by atoms with Crippen molar-refractivity contribution in [1.82, 2.24) is 10.2 Å². The highest BCUT2D eigenvalue weighted by atomic mass is 19.1. The van der Waals surface area contributed by atoms with Crippen LogP contribution < -0.4 is 5.32 Å². The maximum absolute atomic E-state index is 13.1. The minimum Gasteiger partial charge on any atom is -0.444 e. The molecule has 25 heavy (non-hydrogen) atoms. The molecule has 7 heteroatoms. The lowest BCUT2D eigenvalue weighted by atomic mass is 10.1. The Hall–Kier alpha value is -2.18. The first-order valence-electron chi connectivity index (χ1n) is 8.38. The van der Waals surface area contributed by atoms with E-state index in [2.05, 4.69) is 5.32 Å². The van der Waals surface area contributed by atoms with E-state index in [-0.39, 0.29) is 12.5 Å². The third-order valence-corrected chi connectivity index (χ3v) is 3.82. The van der Waals surface area contributed by atoms with Crippen LogP contribution in [0.25, 0.3) is 0 Å². The van der Waals surface area contributed by atoms with E-state index >= 15 is 0 Å². The summed E-state index contributed by atoms with van der Waals surface area (Å²) in [6.07, 6.45) is 1.10. The number of hydrogen-bond donors (Lipinski definition) is 1. The summed E-state index contributed by atoms with van der Waals surface area (Å²) in [6, 6.07) is 2.70. The molecule has 0 unspecified atom stereocenters. The van der Waals surface area contributed by atoms with Crippen LogP contribution in [0.1, 0.15) is 39.2 Å². The monoisotopic (exact) mass is 354 g/mol. The molecule has 1 fully saturated rings. The molecule has 138 valence electrons. The van der Waals surface area contributed by atoms with Gasteiger partial charge in [0.1, 0.15) is 23.3 Å². The number of nitrogens with one attached hydrogen (secondary N) is 1. The average molecular weight is 354 g/mol. The molecule has 0 aliphatic carbocycles. The number of halogens is 2. The number of hydrogen-bond acceptors (Lipinski definition) is 3. The summed E-state index contributed by atoms with van der Waals surface area (Å²) >= 11 is 0. The summed E-state index contributed by atoms with van der Waals surface area (Å²) in [6.45, 7) is 6.03. The molecule has 0 bridgehead atoms. The lowest BCUT2D eigenvalue weighted by molar-refractivity contribution is -0.125. The highest BCUT2D eigenvalue weighted by Gasteiger charge is 2.36. The van der Waals surface area contributed by atoms with Gasteiger partial charge in [0.2, 0.25) is 5.91 Å². The van der Waals surface area contributed by atoms with Crippen LogP contribution >= 0.6 is 0 Å². The predicted octanol–water partition coefficient (Wildman–Crippen LogP) is 3.02. The molecule has 5 nitrogen and oxygen atoms in total. The van der Waals surface area contributed by atoms with Gasteiger partial charge >= 0.3 is 6.09 Å². The summed E-state index contributed by atoms with van der Waals surface area (Å²) in [5.41, 5.74) is -0.157. The lowest BCUT2D eigenvalue weighted by Crippen LogP contribution is -2.47. The minimum atomic E-state index is -0.645. The molecule has 1 aliphatic heterocycles. The fraction of sp³-hybridized carbons (Fsp3) is 0.556. The molecule has 0 spiro atoms. The maximum atomic E-state index is 13.1. The zero-order valence-corrected chi connectivity index (χ0v) is 14.8. The fourth-order valence-corrected chi connectivity index (χ4v) is 2.78. The van der Waals surface area contributed by atoms with Crippen molar-refractivity contribution in [1.29, 1.82) is 0 Å². The second-order valence-electron chi connectivity index (χ2n) is 7.15. The van der Waals surface area contributed by atoms with Gasteiger partial charge < -0.3 is 10.1 Å². The molecule has 1 N–H and O–H groups in total. The molecule has 1 aromatic rings. The van der Waals surface area contributed by atoms with Crippen LogP contribution in [-0.2, 0) is 16.0 Å². The summed E-state index contributed by atoms with van der Waals surface area (Å²) in [4.78, 5) is 26.0. The largest absolute Gasteiger partial charge is 0.444 e. The molecule has 0 aromatic heterocycles. The number of likely N-dealkylation sites (tertiary alicyclic amines) is 1. The Kier molecular flexibility index (Phi) is 5.98. The standard InChI is InChI=1S/C18H24F2N2O3/c1-18(2,3)25-17(24)22-8-4-5-15(22)16(23)21-7-6-12-9-13(19)11-14(20)10-12/h9-11,15H,4-8H2,1-3H3,(H,21,23)/t15-/m0/s1. The number of amides is 2. The van der Waals surface area contributed by atoms with Gasteiger partial charge in [-0.1, -0.05) is 0 Å². The van der Waals surface area contributed by atoms with Crippen molar-refractivity contribution in [2.75, 3.05) is 13.1 Å². The molecular weight excluding hydrogens is 330 g/mol. The second kappa shape index (κ2) is 7.80. The number of carbonyl (C=O) groups excluding carboxylic acids is 2. The van der Waals surface area contributed by atoms with Crippen molar-refractivity contribution < 1.29 is 23.1 Å². The molecule has 1 aliphatic rings. The van der Waals surface area contributed by atoms with E-state index in [1.54, 1.807) is 20.8 Å². The van der Waals surface area contributed by atoms with Crippen molar-refractivity contribution in [3.63, 3.8) is 0 Å². The summed E-state index contributed by atoms with van der Waals surface area (Å²) in [5, 5.41) is 2.73. The van der Waals surface area contributed by atoms with Crippen molar-refractivity contribution in [3.05, 3.63) is 35.4 Å². The number of rotatable bonds is 4. The van der Waals surface area contributed by atoms with Crippen molar-refractivity contribution in [2.24, 2.45) is 0 Å². The fourth-order valence-electron chi connectivity index (χ4n) is 2.78. The van der Waals surface area contributed by atoms with Crippen molar-refractivity contribution in [2.45, 2.75) is 51.7 Å². The first-order chi connectivity index (χ1) is 11.7. The molecule has 2 amide bonds. The lowest BCUT2D eigenvalue weighted by Gasteiger charge is -2.28. The van der Waals surface area contributed by atoms with Crippen LogP contribution in [0.3, 0.4) is 0 Å². The van der Waals surface area contributed by atoms with Gasteiger partial charge in [-0.05, 0) is 57.7 Å². The minimum absolute atomic E-state index is 0.236. The van der Waals surface area contributed by atoms with Gasteiger partial charge in [-0.15, -0.1) is 0 Å². The average Bonchev–Trinajstić information content (AvgIpc) is 2.93. The van der Waals surface area contributed by atoms with E-state index in [1.165, 1.54) is 17.0 Å². The molecule has 0 radical (unpaired) electrons. The Balaban J connectivity index is 1.88. The van der Waals surface area contributed by atoms with Gasteiger partial charge in [0.05, 0.1) is 0 Å². The normalized spacial score (nSPS) is 17.5. The zero-order chi connectivity index (χ0) is 18.6. The van der Waals surface area contributed by atoms with E-state index in [9.17, 15) is 18.4 Å². The molecule has 0 saturated carbocycles. The van der Waals surface area contributed by atoms with Gasteiger partial charge in [-0.2, -0.15) is 0 Å². The Morgan fingerprint density at radius 2 is 1.88 bits per heavy atom. The van der Waals surface area contributed by atoms with Crippen LogP contribution in [0.15, 0.2) is 18.2 Å². The summed E-state index contributed by atoms with van der Waals surface area (Å²) < 4.78 is 31.6.